The average molecular weight is 525 g/mol. The van der Waals surface area contributed by atoms with Crippen molar-refractivity contribution >= 4 is 41.3 Å². The molecule has 2 fully saturated rings. The van der Waals surface area contributed by atoms with Crippen LogP contribution in [0, 0.1) is 5.92 Å². The molecule has 29 heavy (non-hydrogen) atoms. The minimum Gasteiger partial charge on any atom is -0.357 e. The van der Waals surface area contributed by atoms with E-state index in [-0.39, 0.29) is 24.0 Å². The Balaban J connectivity index is 0.00000240. The summed E-state index contributed by atoms with van der Waals surface area (Å²) >= 11 is 1.88. The van der Waals surface area contributed by atoms with Crippen LogP contribution in [0.3, 0.4) is 0 Å². The number of aliphatic imine (C=N–C) groups is 1. The fourth-order valence-corrected chi connectivity index (χ4v) is 5.47. The third-order valence-corrected chi connectivity index (χ3v) is 6.95. The SMILES string of the molecule is CCNC(=NCC1CCCN(C)C1c1cccs1)NC1CC1c1ccccc1.I. The van der Waals surface area contributed by atoms with Gasteiger partial charge in [0.05, 0.1) is 0 Å². The highest BCUT2D eigenvalue weighted by molar-refractivity contribution is 14.0. The first-order valence-electron chi connectivity index (χ1n) is 10.6. The van der Waals surface area contributed by atoms with Crippen LogP contribution in [0.25, 0.3) is 0 Å². The van der Waals surface area contributed by atoms with Crippen LogP contribution in [0.4, 0.5) is 0 Å². The van der Waals surface area contributed by atoms with Crippen LogP contribution >= 0.6 is 35.3 Å². The molecule has 2 N–H and O–H groups in total. The second kappa shape index (κ2) is 10.8. The molecule has 1 aromatic carbocycles. The Bertz CT molecular complexity index is 764. The minimum atomic E-state index is 0. The standard InChI is InChI=1S/C23H32N4S.HI/c1-3-24-23(26-20-15-19(20)17-9-5-4-6-10-17)25-16-18-11-7-13-27(2)22(18)21-12-8-14-28-21;/h4-6,8-10,12,14,18-20,22H,3,7,11,13,15-16H2,1-2H3,(H2,24,25,26);1H. The number of hydrogen-bond donors (Lipinski definition) is 2. The molecule has 2 heterocycles. The van der Waals surface area contributed by atoms with E-state index in [1.165, 1.54) is 36.2 Å². The predicted molar refractivity (Wildman–Crippen MR) is 135 cm³/mol. The number of benzene rings is 1. The lowest BCUT2D eigenvalue weighted by molar-refractivity contribution is 0.128. The van der Waals surface area contributed by atoms with E-state index in [4.69, 9.17) is 4.99 Å². The molecule has 1 saturated carbocycles. The van der Waals surface area contributed by atoms with Gasteiger partial charge in [0.1, 0.15) is 0 Å². The van der Waals surface area contributed by atoms with Crippen LogP contribution in [0.1, 0.15) is 48.6 Å². The number of nitrogens with one attached hydrogen (secondary N) is 2. The van der Waals surface area contributed by atoms with Crippen molar-refractivity contribution in [1.29, 1.82) is 0 Å². The number of thiophene rings is 1. The van der Waals surface area contributed by atoms with Crippen molar-refractivity contribution in [2.45, 2.75) is 44.2 Å². The van der Waals surface area contributed by atoms with Gasteiger partial charge in [-0.3, -0.25) is 9.89 Å². The third-order valence-electron chi connectivity index (χ3n) is 6.01. The Morgan fingerprint density at radius 2 is 2.03 bits per heavy atom. The maximum atomic E-state index is 5.01. The summed E-state index contributed by atoms with van der Waals surface area (Å²) in [7, 11) is 2.26. The van der Waals surface area contributed by atoms with Gasteiger partial charge in [-0.05, 0) is 62.7 Å². The Morgan fingerprint density at radius 1 is 1.21 bits per heavy atom. The normalized spacial score (nSPS) is 27.2. The molecule has 0 bridgehead atoms. The van der Waals surface area contributed by atoms with Gasteiger partial charge in [0.2, 0.25) is 0 Å². The highest BCUT2D eigenvalue weighted by Gasteiger charge is 2.39. The van der Waals surface area contributed by atoms with E-state index in [0.29, 0.717) is 23.9 Å². The monoisotopic (exact) mass is 524 g/mol. The molecule has 1 aliphatic carbocycles. The molecule has 4 nitrogen and oxygen atoms in total. The summed E-state index contributed by atoms with van der Waals surface area (Å²) in [6.45, 7) is 5.10. The zero-order chi connectivity index (χ0) is 19.3. The van der Waals surface area contributed by atoms with E-state index in [0.717, 1.165) is 19.0 Å². The van der Waals surface area contributed by atoms with Gasteiger partial charge in [0, 0.05) is 36.0 Å². The molecule has 1 saturated heterocycles. The Morgan fingerprint density at radius 3 is 2.76 bits per heavy atom. The highest BCUT2D eigenvalue weighted by Crippen LogP contribution is 2.40. The smallest absolute Gasteiger partial charge is 0.191 e. The lowest BCUT2D eigenvalue weighted by Gasteiger charge is -2.38. The van der Waals surface area contributed by atoms with E-state index < -0.39 is 0 Å². The summed E-state index contributed by atoms with van der Waals surface area (Å²) in [5.74, 6) is 2.17. The quantitative estimate of drug-likeness (QED) is 0.322. The minimum absolute atomic E-state index is 0. The highest BCUT2D eigenvalue weighted by atomic mass is 127. The molecule has 4 unspecified atom stereocenters. The zero-order valence-electron chi connectivity index (χ0n) is 17.4. The topological polar surface area (TPSA) is 39.7 Å². The van der Waals surface area contributed by atoms with Crippen molar-refractivity contribution in [3.05, 3.63) is 58.3 Å². The molecule has 4 rings (SSSR count). The van der Waals surface area contributed by atoms with Crippen LogP contribution in [0.2, 0.25) is 0 Å². The molecule has 1 aliphatic heterocycles. The Hall–Kier alpha value is -1.12. The van der Waals surface area contributed by atoms with E-state index in [2.05, 4.69) is 77.3 Å². The molecule has 2 aromatic rings. The lowest BCUT2D eigenvalue weighted by Crippen LogP contribution is -2.41. The Labute approximate surface area is 196 Å². The summed E-state index contributed by atoms with van der Waals surface area (Å²) in [5, 5.41) is 9.32. The summed E-state index contributed by atoms with van der Waals surface area (Å²) in [6, 6.07) is 16.3. The average Bonchev–Trinajstić information content (AvgIpc) is 3.27. The molecular weight excluding hydrogens is 491 g/mol. The predicted octanol–water partition coefficient (Wildman–Crippen LogP) is 4.86. The van der Waals surface area contributed by atoms with Crippen LogP contribution in [0.15, 0.2) is 52.8 Å². The van der Waals surface area contributed by atoms with Gasteiger partial charge >= 0.3 is 0 Å². The third kappa shape index (κ3) is 5.73. The molecule has 6 heteroatoms. The number of guanidine groups is 1. The Kier molecular flexibility index (Phi) is 8.38. The largest absolute Gasteiger partial charge is 0.357 e. The van der Waals surface area contributed by atoms with Gasteiger partial charge in [-0.25, -0.2) is 0 Å². The second-order valence-corrected chi connectivity index (χ2v) is 9.05. The number of halogens is 1. The van der Waals surface area contributed by atoms with E-state index in [1.54, 1.807) is 0 Å². The van der Waals surface area contributed by atoms with Crippen LogP contribution < -0.4 is 10.6 Å². The molecule has 158 valence electrons. The van der Waals surface area contributed by atoms with Gasteiger partial charge in [-0.2, -0.15) is 0 Å². The summed E-state index contributed by atoms with van der Waals surface area (Å²) < 4.78 is 0. The summed E-state index contributed by atoms with van der Waals surface area (Å²) in [5.41, 5.74) is 1.43. The van der Waals surface area contributed by atoms with Crippen molar-refractivity contribution in [3.63, 3.8) is 0 Å². The van der Waals surface area contributed by atoms with Crippen LogP contribution in [-0.4, -0.2) is 43.6 Å². The fourth-order valence-electron chi connectivity index (χ4n) is 4.49. The van der Waals surface area contributed by atoms with E-state index >= 15 is 0 Å². The molecule has 0 radical (unpaired) electrons. The van der Waals surface area contributed by atoms with Crippen molar-refractivity contribution in [1.82, 2.24) is 15.5 Å². The van der Waals surface area contributed by atoms with E-state index in [1.807, 2.05) is 11.3 Å². The van der Waals surface area contributed by atoms with Crippen molar-refractivity contribution < 1.29 is 0 Å². The number of rotatable bonds is 6. The van der Waals surface area contributed by atoms with Crippen molar-refractivity contribution in [3.8, 4) is 0 Å². The van der Waals surface area contributed by atoms with Crippen molar-refractivity contribution in [2.75, 3.05) is 26.7 Å². The van der Waals surface area contributed by atoms with Gasteiger partial charge < -0.3 is 10.6 Å². The van der Waals surface area contributed by atoms with Gasteiger partial charge in [0.25, 0.3) is 0 Å². The van der Waals surface area contributed by atoms with Crippen molar-refractivity contribution in [2.24, 2.45) is 10.9 Å². The number of piperidine rings is 1. The van der Waals surface area contributed by atoms with Gasteiger partial charge in [-0.15, -0.1) is 35.3 Å². The second-order valence-electron chi connectivity index (χ2n) is 8.07. The maximum Gasteiger partial charge on any atom is 0.191 e. The lowest BCUT2D eigenvalue weighted by atomic mass is 9.88. The van der Waals surface area contributed by atoms with Crippen LogP contribution in [-0.2, 0) is 0 Å². The number of hydrogen-bond acceptors (Lipinski definition) is 3. The summed E-state index contributed by atoms with van der Waals surface area (Å²) in [4.78, 5) is 9.01. The fraction of sp³-hybridized carbons (Fsp3) is 0.522. The number of nitrogens with zero attached hydrogens (tertiary/aromatic N) is 2. The maximum absolute atomic E-state index is 5.01. The molecule has 0 amide bonds. The first-order valence-corrected chi connectivity index (χ1v) is 11.5. The van der Waals surface area contributed by atoms with Crippen LogP contribution in [0.5, 0.6) is 0 Å². The van der Waals surface area contributed by atoms with E-state index in [9.17, 15) is 0 Å². The molecule has 4 atom stereocenters. The van der Waals surface area contributed by atoms with Gasteiger partial charge in [0.15, 0.2) is 5.96 Å². The zero-order valence-corrected chi connectivity index (χ0v) is 20.5. The molecule has 0 spiro atoms. The first-order chi connectivity index (χ1) is 13.8. The molecule has 1 aromatic heterocycles. The molecule has 2 aliphatic rings. The summed E-state index contributed by atoms with van der Waals surface area (Å²) in [6.07, 6.45) is 3.71. The number of likely N-dealkylation sites (tertiary alicyclic amines) is 1. The first kappa shape index (κ1) is 22.6. The van der Waals surface area contributed by atoms with Gasteiger partial charge in [-0.1, -0.05) is 36.4 Å². The molecular formula is C23H33IN4S.